The molecule has 3 rings (SSSR count). The highest BCUT2D eigenvalue weighted by molar-refractivity contribution is 7.22. The van der Waals surface area contributed by atoms with Crippen molar-refractivity contribution in [3.63, 3.8) is 0 Å². The Kier molecular flexibility index (Phi) is 5.27. The maximum atomic E-state index is 12.6. The quantitative estimate of drug-likeness (QED) is 0.696. The third-order valence-corrected chi connectivity index (χ3v) is 4.54. The predicted molar refractivity (Wildman–Crippen MR) is 103 cm³/mol. The lowest BCUT2D eigenvalue weighted by molar-refractivity contribution is 0.102. The molecule has 0 aliphatic rings. The molecule has 1 amide bonds. The smallest absolute Gasteiger partial charge is 0.257 e. The number of amides is 1. The lowest BCUT2D eigenvalue weighted by Gasteiger charge is -2.14. The summed E-state index contributed by atoms with van der Waals surface area (Å²) < 4.78 is 17.2. The maximum Gasteiger partial charge on any atom is 0.257 e. The van der Waals surface area contributed by atoms with Crippen molar-refractivity contribution in [2.45, 2.75) is 20.0 Å². The van der Waals surface area contributed by atoms with Crippen molar-refractivity contribution in [2.75, 3.05) is 19.5 Å². The third-order valence-electron chi connectivity index (χ3n) is 3.60. The number of nitrogens with one attached hydrogen (secondary N) is 1. The van der Waals surface area contributed by atoms with Crippen LogP contribution < -0.4 is 19.5 Å². The second-order valence-electron chi connectivity index (χ2n) is 5.84. The van der Waals surface area contributed by atoms with Crippen molar-refractivity contribution in [1.29, 1.82) is 0 Å². The van der Waals surface area contributed by atoms with E-state index in [1.54, 1.807) is 32.4 Å². The molecule has 2 aromatic carbocycles. The number of hydrogen-bond acceptors (Lipinski definition) is 6. The number of anilines is 1. The van der Waals surface area contributed by atoms with E-state index in [9.17, 15) is 4.79 Å². The number of fused-ring (bicyclic) bond motifs is 1. The molecule has 7 heteroatoms. The van der Waals surface area contributed by atoms with Crippen LogP contribution in [-0.4, -0.2) is 31.2 Å². The first-order chi connectivity index (χ1) is 12.5. The van der Waals surface area contributed by atoms with Crippen LogP contribution in [-0.2, 0) is 0 Å². The van der Waals surface area contributed by atoms with Crippen LogP contribution in [0.2, 0.25) is 0 Å². The molecule has 0 saturated heterocycles. The zero-order chi connectivity index (χ0) is 18.7. The van der Waals surface area contributed by atoms with Crippen LogP contribution in [0.15, 0.2) is 36.4 Å². The van der Waals surface area contributed by atoms with E-state index < -0.39 is 0 Å². The summed E-state index contributed by atoms with van der Waals surface area (Å²) in [5, 5.41) is 3.36. The van der Waals surface area contributed by atoms with Gasteiger partial charge in [-0.1, -0.05) is 11.3 Å². The third kappa shape index (κ3) is 3.88. The van der Waals surface area contributed by atoms with Crippen LogP contribution in [0, 0.1) is 0 Å². The van der Waals surface area contributed by atoms with Crippen molar-refractivity contribution >= 4 is 32.6 Å². The predicted octanol–water partition coefficient (Wildman–Crippen LogP) is 4.35. The molecule has 0 bridgehead atoms. The standard InChI is InChI=1S/C19H20N2O4S/c1-11(2)25-15-8-5-12(9-16(15)24-4)18(22)21-19-20-14-7-6-13(23-3)10-17(14)26-19/h5-11H,1-4H3,(H,20,21,22). The monoisotopic (exact) mass is 372 g/mol. The van der Waals surface area contributed by atoms with Gasteiger partial charge in [0.15, 0.2) is 16.6 Å². The average Bonchev–Trinajstić information content (AvgIpc) is 3.02. The van der Waals surface area contributed by atoms with Crippen molar-refractivity contribution in [2.24, 2.45) is 0 Å². The van der Waals surface area contributed by atoms with E-state index in [1.165, 1.54) is 11.3 Å². The first-order valence-corrected chi connectivity index (χ1v) is 8.92. The van der Waals surface area contributed by atoms with E-state index in [1.807, 2.05) is 32.0 Å². The Morgan fingerprint density at radius 3 is 2.58 bits per heavy atom. The summed E-state index contributed by atoms with van der Waals surface area (Å²) >= 11 is 1.39. The molecule has 0 atom stereocenters. The normalized spacial score (nSPS) is 10.8. The molecule has 1 aromatic heterocycles. The van der Waals surface area contributed by atoms with Crippen LogP contribution in [0.25, 0.3) is 10.2 Å². The highest BCUT2D eigenvalue weighted by Crippen LogP contribution is 2.31. The molecule has 0 aliphatic heterocycles. The maximum absolute atomic E-state index is 12.6. The van der Waals surface area contributed by atoms with E-state index in [4.69, 9.17) is 14.2 Å². The molecular weight excluding hydrogens is 352 g/mol. The second-order valence-corrected chi connectivity index (χ2v) is 6.87. The minimum atomic E-state index is -0.259. The summed E-state index contributed by atoms with van der Waals surface area (Å²) in [6.45, 7) is 3.87. The second kappa shape index (κ2) is 7.61. The molecule has 26 heavy (non-hydrogen) atoms. The molecule has 0 fully saturated rings. The molecule has 6 nitrogen and oxygen atoms in total. The summed E-state index contributed by atoms with van der Waals surface area (Å²) in [4.78, 5) is 17.0. The summed E-state index contributed by atoms with van der Waals surface area (Å²) in [6.07, 6.45) is 0.0170. The number of methoxy groups -OCH3 is 2. The van der Waals surface area contributed by atoms with Crippen molar-refractivity contribution in [1.82, 2.24) is 4.98 Å². The fourth-order valence-corrected chi connectivity index (χ4v) is 3.30. The molecule has 136 valence electrons. The molecule has 1 heterocycles. The van der Waals surface area contributed by atoms with Gasteiger partial charge in [-0.05, 0) is 50.2 Å². The molecule has 1 N–H and O–H groups in total. The van der Waals surface area contributed by atoms with Gasteiger partial charge >= 0.3 is 0 Å². The largest absolute Gasteiger partial charge is 0.497 e. The molecule has 0 unspecified atom stereocenters. The number of thiazole rings is 1. The number of nitrogens with zero attached hydrogens (tertiary/aromatic N) is 1. The minimum absolute atomic E-state index is 0.0170. The number of benzene rings is 2. The number of hydrogen-bond donors (Lipinski definition) is 1. The van der Waals surface area contributed by atoms with Crippen LogP contribution in [0.3, 0.4) is 0 Å². The summed E-state index contributed by atoms with van der Waals surface area (Å²) in [5.41, 5.74) is 1.28. The topological polar surface area (TPSA) is 69.7 Å². The summed E-state index contributed by atoms with van der Waals surface area (Å²) in [5.74, 6) is 1.61. The van der Waals surface area contributed by atoms with Gasteiger partial charge in [-0.15, -0.1) is 0 Å². The van der Waals surface area contributed by atoms with Crippen LogP contribution in [0.5, 0.6) is 17.2 Å². The average molecular weight is 372 g/mol. The fourth-order valence-electron chi connectivity index (χ4n) is 2.41. The number of carbonyl (C=O) groups excluding carboxylic acids is 1. The minimum Gasteiger partial charge on any atom is -0.497 e. The van der Waals surface area contributed by atoms with E-state index in [-0.39, 0.29) is 12.0 Å². The Labute approximate surface area is 155 Å². The Hall–Kier alpha value is -2.80. The van der Waals surface area contributed by atoms with Gasteiger partial charge in [-0.25, -0.2) is 4.98 Å². The van der Waals surface area contributed by atoms with Gasteiger partial charge < -0.3 is 14.2 Å². The Morgan fingerprint density at radius 1 is 1.08 bits per heavy atom. The first kappa shape index (κ1) is 18.0. The van der Waals surface area contributed by atoms with E-state index in [0.29, 0.717) is 22.2 Å². The number of rotatable bonds is 6. The van der Waals surface area contributed by atoms with Gasteiger partial charge in [0.1, 0.15) is 5.75 Å². The zero-order valence-corrected chi connectivity index (χ0v) is 15.8. The van der Waals surface area contributed by atoms with Crippen LogP contribution in [0.4, 0.5) is 5.13 Å². The van der Waals surface area contributed by atoms with E-state index in [2.05, 4.69) is 10.3 Å². The van der Waals surface area contributed by atoms with E-state index >= 15 is 0 Å². The Bertz CT molecular complexity index is 936. The molecule has 0 radical (unpaired) electrons. The Balaban J connectivity index is 1.81. The van der Waals surface area contributed by atoms with Gasteiger partial charge in [0.25, 0.3) is 5.91 Å². The lowest BCUT2D eigenvalue weighted by Crippen LogP contribution is -2.12. The van der Waals surface area contributed by atoms with E-state index in [0.717, 1.165) is 16.0 Å². The molecule has 0 spiro atoms. The number of ether oxygens (including phenoxy) is 3. The fraction of sp³-hybridized carbons (Fsp3) is 0.263. The van der Waals surface area contributed by atoms with Crippen LogP contribution in [0.1, 0.15) is 24.2 Å². The summed E-state index contributed by atoms with van der Waals surface area (Å²) in [7, 11) is 3.16. The zero-order valence-electron chi connectivity index (χ0n) is 15.0. The van der Waals surface area contributed by atoms with Gasteiger partial charge in [0.2, 0.25) is 0 Å². The molecule has 3 aromatic rings. The highest BCUT2D eigenvalue weighted by atomic mass is 32.1. The first-order valence-electron chi connectivity index (χ1n) is 8.10. The van der Waals surface area contributed by atoms with Gasteiger partial charge in [0.05, 0.1) is 30.5 Å². The number of aromatic nitrogens is 1. The van der Waals surface area contributed by atoms with Gasteiger partial charge in [0, 0.05) is 5.56 Å². The molecule has 0 saturated carbocycles. The van der Waals surface area contributed by atoms with Gasteiger partial charge in [-0.2, -0.15) is 0 Å². The van der Waals surface area contributed by atoms with Gasteiger partial charge in [-0.3, -0.25) is 10.1 Å². The van der Waals surface area contributed by atoms with Crippen molar-refractivity contribution in [3.05, 3.63) is 42.0 Å². The highest BCUT2D eigenvalue weighted by Gasteiger charge is 2.14. The van der Waals surface area contributed by atoms with Crippen molar-refractivity contribution in [3.8, 4) is 17.2 Å². The molecular formula is C19H20N2O4S. The SMILES string of the molecule is COc1ccc2nc(NC(=O)c3ccc(OC(C)C)c(OC)c3)sc2c1. The van der Waals surface area contributed by atoms with Crippen LogP contribution >= 0.6 is 11.3 Å². The lowest BCUT2D eigenvalue weighted by atomic mass is 10.2. The number of carbonyl (C=O) groups is 1. The summed E-state index contributed by atoms with van der Waals surface area (Å²) in [6, 6.07) is 10.7. The molecule has 0 aliphatic carbocycles. The van der Waals surface area contributed by atoms with Crippen molar-refractivity contribution < 1.29 is 19.0 Å². The Morgan fingerprint density at radius 2 is 1.88 bits per heavy atom.